The van der Waals surface area contributed by atoms with Gasteiger partial charge in [-0.15, -0.1) is 0 Å². The number of pyridine rings is 1. The fraction of sp³-hybridized carbons (Fsp3) is 0.300. The Kier molecular flexibility index (Phi) is 3.05. The Balaban J connectivity index is 2.15. The molecule has 1 aromatic heterocycles. The van der Waals surface area contributed by atoms with Crippen molar-refractivity contribution in [2.24, 2.45) is 0 Å². The van der Waals surface area contributed by atoms with Gasteiger partial charge in [-0.1, -0.05) is 11.6 Å². The fourth-order valence-corrected chi connectivity index (χ4v) is 1.66. The Morgan fingerprint density at radius 2 is 2.38 bits per heavy atom. The van der Waals surface area contributed by atoms with E-state index in [1.807, 2.05) is 0 Å². The summed E-state index contributed by atoms with van der Waals surface area (Å²) in [5.41, 5.74) is 0.266. The van der Waals surface area contributed by atoms with Gasteiger partial charge in [0, 0.05) is 24.3 Å². The van der Waals surface area contributed by atoms with E-state index in [1.54, 1.807) is 6.07 Å². The molecule has 0 spiro atoms. The highest BCUT2D eigenvalue weighted by molar-refractivity contribution is 6.30. The van der Waals surface area contributed by atoms with Crippen molar-refractivity contribution in [3.8, 4) is 0 Å². The van der Waals surface area contributed by atoms with Crippen LogP contribution in [0.15, 0.2) is 18.3 Å². The lowest BCUT2D eigenvalue weighted by Gasteiger charge is -2.26. The molecule has 0 radical (unpaired) electrons. The topological polar surface area (TPSA) is 62.3 Å². The van der Waals surface area contributed by atoms with E-state index in [-0.39, 0.29) is 24.1 Å². The van der Waals surface area contributed by atoms with Crippen molar-refractivity contribution < 1.29 is 9.59 Å². The summed E-state index contributed by atoms with van der Waals surface area (Å²) in [6, 6.07) is 3.09. The van der Waals surface area contributed by atoms with Crippen LogP contribution >= 0.6 is 11.6 Å². The van der Waals surface area contributed by atoms with Crippen LogP contribution in [0.2, 0.25) is 5.02 Å². The smallest absolute Gasteiger partial charge is 0.273 e. The minimum Gasteiger partial charge on any atom is -0.353 e. The predicted octanol–water partition coefficient (Wildman–Crippen LogP) is 0.307. The van der Waals surface area contributed by atoms with E-state index < -0.39 is 0 Å². The molecule has 84 valence electrons. The van der Waals surface area contributed by atoms with E-state index >= 15 is 0 Å². The van der Waals surface area contributed by atoms with Crippen molar-refractivity contribution in [3.05, 3.63) is 29.0 Å². The van der Waals surface area contributed by atoms with Crippen LogP contribution in [0.3, 0.4) is 0 Å². The minimum atomic E-state index is -0.266. The van der Waals surface area contributed by atoms with Gasteiger partial charge in [0.15, 0.2) is 0 Å². The van der Waals surface area contributed by atoms with Crippen LogP contribution in [0.4, 0.5) is 0 Å². The second-order valence-electron chi connectivity index (χ2n) is 3.44. The SMILES string of the molecule is O=C1CN(C(=O)c2cc(Cl)ccn2)CCN1. The summed E-state index contributed by atoms with van der Waals surface area (Å²) >= 11 is 5.77. The molecule has 1 aliphatic rings. The number of piperazine rings is 1. The maximum atomic E-state index is 11.9. The van der Waals surface area contributed by atoms with Crippen LogP contribution in [0.25, 0.3) is 0 Å². The number of halogens is 1. The molecule has 2 amide bonds. The molecule has 1 aliphatic heterocycles. The van der Waals surface area contributed by atoms with Crippen LogP contribution in [0, 0.1) is 0 Å². The summed E-state index contributed by atoms with van der Waals surface area (Å²) in [5.74, 6) is -0.418. The maximum absolute atomic E-state index is 11.9. The van der Waals surface area contributed by atoms with Crippen molar-refractivity contribution >= 4 is 23.4 Å². The average Bonchev–Trinajstić information content (AvgIpc) is 2.28. The van der Waals surface area contributed by atoms with Gasteiger partial charge in [-0.05, 0) is 12.1 Å². The minimum absolute atomic E-state index is 0.0764. The number of hydrogen-bond donors (Lipinski definition) is 1. The first-order valence-electron chi connectivity index (χ1n) is 4.84. The largest absolute Gasteiger partial charge is 0.353 e. The standard InChI is InChI=1S/C10H10ClN3O2/c11-7-1-2-12-8(5-7)10(16)14-4-3-13-9(15)6-14/h1-2,5H,3-4,6H2,(H,13,15). The Labute approximate surface area is 97.4 Å². The highest BCUT2D eigenvalue weighted by atomic mass is 35.5. The zero-order chi connectivity index (χ0) is 11.5. The number of carbonyl (C=O) groups excluding carboxylic acids is 2. The molecule has 1 aromatic rings. The fourth-order valence-electron chi connectivity index (χ4n) is 1.50. The van der Waals surface area contributed by atoms with E-state index in [0.717, 1.165) is 0 Å². The third-order valence-electron chi connectivity index (χ3n) is 2.27. The van der Waals surface area contributed by atoms with E-state index in [1.165, 1.54) is 17.2 Å². The zero-order valence-electron chi connectivity index (χ0n) is 8.44. The van der Waals surface area contributed by atoms with Crippen LogP contribution < -0.4 is 5.32 Å². The van der Waals surface area contributed by atoms with Crippen molar-refractivity contribution in [3.63, 3.8) is 0 Å². The highest BCUT2D eigenvalue weighted by Crippen LogP contribution is 2.10. The summed E-state index contributed by atoms with van der Waals surface area (Å²) in [5, 5.41) is 3.11. The van der Waals surface area contributed by atoms with Crippen LogP contribution in [0.5, 0.6) is 0 Å². The van der Waals surface area contributed by atoms with Gasteiger partial charge in [0.25, 0.3) is 5.91 Å². The first kappa shape index (κ1) is 10.9. The van der Waals surface area contributed by atoms with Crippen molar-refractivity contribution in [2.45, 2.75) is 0 Å². The number of hydrogen-bond acceptors (Lipinski definition) is 3. The number of aromatic nitrogens is 1. The Morgan fingerprint density at radius 1 is 1.56 bits per heavy atom. The molecule has 0 atom stereocenters. The monoisotopic (exact) mass is 239 g/mol. The van der Waals surface area contributed by atoms with Gasteiger partial charge in [-0.3, -0.25) is 14.6 Å². The third kappa shape index (κ3) is 2.30. The van der Waals surface area contributed by atoms with Crippen LogP contribution in [-0.2, 0) is 4.79 Å². The first-order valence-corrected chi connectivity index (χ1v) is 5.22. The quantitative estimate of drug-likeness (QED) is 0.767. The highest BCUT2D eigenvalue weighted by Gasteiger charge is 2.22. The molecule has 2 rings (SSSR count). The van der Waals surface area contributed by atoms with Crippen LogP contribution in [0.1, 0.15) is 10.5 Å². The molecule has 0 bridgehead atoms. The van der Waals surface area contributed by atoms with Gasteiger partial charge in [0.05, 0.1) is 6.54 Å². The zero-order valence-corrected chi connectivity index (χ0v) is 9.20. The molecule has 16 heavy (non-hydrogen) atoms. The van der Waals surface area contributed by atoms with E-state index in [2.05, 4.69) is 10.3 Å². The summed E-state index contributed by atoms with van der Waals surface area (Å²) in [6.45, 7) is 1.05. The molecule has 0 saturated carbocycles. The maximum Gasteiger partial charge on any atom is 0.273 e. The second kappa shape index (κ2) is 4.49. The van der Waals surface area contributed by atoms with Crippen LogP contribution in [-0.4, -0.2) is 41.3 Å². The molecule has 5 nitrogen and oxygen atoms in total. The van der Waals surface area contributed by atoms with Gasteiger partial charge >= 0.3 is 0 Å². The van der Waals surface area contributed by atoms with Gasteiger partial charge in [0.1, 0.15) is 5.69 Å². The molecule has 0 aliphatic carbocycles. The molecule has 0 unspecified atom stereocenters. The predicted molar refractivity (Wildman–Crippen MR) is 58.2 cm³/mol. The molecule has 2 heterocycles. The number of nitrogens with zero attached hydrogens (tertiary/aromatic N) is 2. The lowest BCUT2D eigenvalue weighted by atomic mass is 10.2. The Hall–Kier alpha value is -1.62. The van der Waals surface area contributed by atoms with Gasteiger partial charge in [-0.2, -0.15) is 0 Å². The molecule has 1 saturated heterocycles. The number of carbonyl (C=O) groups is 2. The summed E-state index contributed by atoms with van der Waals surface area (Å²) < 4.78 is 0. The van der Waals surface area contributed by atoms with Crippen molar-refractivity contribution in [2.75, 3.05) is 19.6 Å². The lowest BCUT2D eigenvalue weighted by Crippen LogP contribution is -2.50. The molecule has 1 N–H and O–H groups in total. The molecule has 0 aromatic carbocycles. The Morgan fingerprint density at radius 3 is 3.06 bits per heavy atom. The number of rotatable bonds is 1. The molecule has 1 fully saturated rings. The van der Waals surface area contributed by atoms with Gasteiger partial charge < -0.3 is 10.2 Å². The van der Waals surface area contributed by atoms with Gasteiger partial charge in [-0.25, -0.2) is 0 Å². The lowest BCUT2D eigenvalue weighted by molar-refractivity contribution is -0.123. The first-order chi connectivity index (χ1) is 7.66. The number of amides is 2. The third-order valence-corrected chi connectivity index (χ3v) is 2.50. The molecular weight excluding hydrogens is 230 g/mol. The average molecular weight is 240 g/mol. The molecule has 6 heteroatoms. The summed E-state index contributed by atoms with van der Waals surface area (Å²) in [7, 11) is 0. The second-order valence-corrected chi connectivity index (χ2v) is 3.87. The number of nitrogens with one attached hydrogen (secondary N) is 1. The Bertz CT molecular complexity index is 436. The van der Waals surface area contributed by atoms with E-state index in [4.69, 9.17) is 11.6 Å². The summed E-state index contributed by atoms with van der Waals surface area (Å²) in [6.07, 6.45) is 1.47. The molecular formula is C10H10ClN3O2. The van der Waals surface area contributed by atoms with Crippen molar-refractivity contribution in [1.82, 2.24) is 15.2 Å². The van der Waals surface area contributed by atoms with Gasteiger partial charge in [0.2, 0.25) is 5.91 Å². The van der Waals surface area contributed by atoms with E-state index in [9.17, 15) is 9.59 Å². The normalized spacial score (nSPS) is 15.8. The van der Waals surface area contributed by atoms with Crippen molar-refractivity contribution in [1.29, 1.82) is 0 Å². The van der Waals surface area contributed by atoms with E-state index in [0.29, 0.717) is 18.1 Å². The summed E-state index contributed by atoms with van der Waals surface area (Å²) in [4.78, 5) is 28.4.